The van der Waals surface area contributed by atoms with Crippen LogP contribution in [0.4, 0.5) is 5.82 Å². The third-order valence-electron chi connectivity index (χ3n) is 3.04. The number of halogens is 1. The average Bonchev–Trinajstić information content (AvgIpc) is 3.09. The highest BCUT2D eigenvalue weighted by atomic mass is 79.9. The van der Waals surface area contributed by atoms with Crippen LogP contribution in [0.25, 0.3) is 33.3 Å². The van der Waals surface area contributed by atoms with Crippen LogP contribution in [-0.4, -0.2) is 5.16 Å². The van der Waals surface area contributed by atoms with Crippen molar-refractivity contribution in [2.24, 2.45) is 0 Å². The second kappa shape index (κ2) is 3.64. The Morgan fingerprint density at radius 2 is 1.79 bits per heavy atom. The molecule has 0 bridgehead atoms. The first-order chi connectivity index (χ1) is 9.25. The minimum Gasteiger partial charge on any atom is -0.463 e. The number of hydrogen-bond donors (Lipinski definition) is 1. The standard InChI is InChI=1S/C13H7BrN2O3/c14-11-7-2-4-17-12(7)10(6-1-3-18-13(6)11)8-5-9(15)16-19-8/h1-5H,(H2,15,16). The molecule has 0 atom stereocenters. The smallest absolute Gasteiger partial charge is 0.173 e. The lowest BCUT2D eigenvalue weighted by Crippen LogP contribution is -1.81. The molecule has 0 radical (unpaired) electrons. The molecule has 4 aromatic rings. The van der Waals surface area contributed by atoms with E-state index >= 15 is 0 Å². The topological polar surface area (TPSA) is 78.3 Å². The summed E-state index contributed by atoms with van der Waals surface area (Å²) in [4.78, 5) is 0. The van der Waals surface area contributed by atoms with E-state index in [4.69, 9.17) is 19.1 Å². The number of nitrogens with two attached hydrogens (primary N) is 1. The van der Waals surface area contributed by atoms with E-state index in [0.29, 0.717) is 17.2 Å². The van der Waals surface area contributed by atoms with E-state index in [1.54, 1.807) is 18.6 Å². The van der Waals surface area contributed by atoms with Gasteiger partial charge in [-0.15, -0.1) is 0 Å². The summed E-state index contributed by atoms with van der Waals surface area (Å²) >= 11 is 3.53. The number of benzene rings is 1. The summed E-state index contributed by atoms with van der Waals surface area (Å²) in [5.41, 5.74) is 7.85. The molecule has 6 heteroatoms. The fourth-order valence-corrected chi connectivity index (χ4v) is 2.87. The Hall–Kier alpha value is -2.21. The Morgan fingerprint density at radius 3 is 2.53 bits per heavy atom. The quantitative estimate of drug-likeness (QED) is 0.569. The van der Waals surface area contributed by atoms with Gasteiger partial charge in [0.1, 0.15) is 11.2 Å². The van der Waals surface area contributed by atoms with E-state index in [1.807, 2.05) is 12.1 Å². The van der Waals surface area contributed by atoms with Gasteiger partial charge >= 0.3 is 0 Å². The first-order valence-electron chi connectivity index (χ1n) is 5.54. The van der Waals surface area contributed by atoms with Crippen molar-refractivity contribution in [1.29, 1.82) is 0 Å². The van der Waals surface area contributed by atoms with Crippen LogP contribution in [-0.2, 0) is 0 Å². The molecule has 0 spiro atoms. The van der Waals surface area contributed by atoms with E-state index in [2.05, 4.69) is 21.1 Å². The minimum absolute atomic E-state index is 0.328. The molecule has 4 rings (SSSR count). The van der Waals surface area contributed by atoms with Crippen molar-refractivity contribution in [1.82, 2.24) is 5.16 Å². The Morgan fingerprint density at radius 1 is 1.05 bits per heavy atom. The highest BCUT2D eigenvalue weighted by Crippen LogP contribution is 2.42. The summed E-state index contributed by atoms with van der Waals surface area (Å²) in [7, 11) is 0. The van der Waals surface area contributed by atoms with Gasteiger partial charge in [-0.1, -0.05) is 5.16 Å². The van der Waals surface area contributed by atoms with Gasteiger partial charge in [-0.05, 0) is 28.1 Å². The SMILES string of the molecule is Nc1cc(-c2c3ccoc3c(Br)c3ccoc23)on1. The molecule has 1 aromatic carbocycles. The lowest BCUT2D eigenvalue weighted by molar-refractivity contribution is 0.436. The summed E-state index contributed by atoms with van der Waals surface area (Å²) in [5.74, 6) is 0.880. The van der Waals surface area contributed by atoms with Crippen LogP contribution in [0.3, 0.4) is 0 Å². The van der Waals surface area contributed by atoms with Crippen LogP contribution >= 0.6 is 15.9 Å². The Balaban J connectivity index is 2.24. The lowest BCUT2D eigenvalue weighted by atomic mass is 10.1. The molecule has 5 nitrogen and oxygen atoms in total. The molecule has 0 saturated heterocycles. The van der Waals surface area contributed by atoms with Gasteiger partial charge in [-0.3, -0.25) is 0 Å². The lowest BCUT2D eigenvalue weighted by Gasteiger charge is -2.02. The van der Waals surface area contributed by atoms with Gasteiger partial charge in [0.25, 0.3) is 0 Å². The number of rotatable bonds is 1. The van der Waals surface area contributed by atoms with E-state index in [-0.39, 0.29) is 0 Å². The Kier molecular flexibility index (Phi) is 2.05. The summed E-state index contributed by atoms with van der Waals surface area (Å²) in [6.45, 7) is 0. The van der Waals surface area contributed by atoms with Gasteiger partial charge in [-0.25, -0.2) is 0 Å². The Labute approximate surface area is 115 Å². The maximum Gasteiger partial charge on any atom is 0.173 e. The van der Waals surface area contributed by atoms with E-state index in [9.17, 15) is 0 Å². The summed E-state index contributed by atoms with van der Waals surface area (Å²) in [5, 5.41) is 5.51. The molecule has 0 fully saturated rings. The number of furan rings is 2. The van der Waals surface area contributed by atoms with Crippen LogP contribution < -0.4 is 5.73 Å². The zero-order valence-corrected chi connectivity index (χ0v) is 11.1. The second-order valence-electron chi connectivity index (χ2n) is 4.13. The highest BCUT2D eigenvalue weighted by molar-refractivity contribution is 9.10. The molecule has 19 heavy (non-hydrogen) atoms. The molecular weight excluding hydrogens is 312 g/mol. The fraction of sp³-hybridized carbons (Fsp3) is 0. The number of fused-ring (bicyclic) bond motifs is 2. The predicted octanol–water partition coefficient (Wildman–Crippen LogP) is 4.18. The molecule has 0 unspecified atom stereocenters. The molecular formula is C13H7BrN2O3. The first kappa shape index (κ1) is 10.7. The normalized spacial score (nSPS) is 11.6. The minimum atomic E-state index is 0.328. The maximum atomic E-state index is 5.62. The summed E-state index contributed by atoms with van der Waals surface area (Å²) in [6, 6.07) is 5.39. The van der Waals surface area contributed by atoms with Crippen LogP contribution in [0.1, 0.15) is 0 Å². The Bertz CT molecular complexity index is 851. The van der Waals surface area contributed by atoms with Crippen molar-refractivity contribution in [3.63, 3.8) is 0 Å². The molecule has 94 valence electrons. The molecule has 0 aliphatic rings. The van der Waals surface area contributed by atoms with Crippen LogP contribution in [0.15, 0.2) is 48.6 Å². The molecule has 2 N–H and O–H groups in total. The van der Waals surface area contributed by atoms with Gasteiger partial charge in [0.15, 0.2) is 11.6 Å². The third-order valence-corrected chi connectivity index (χ3v) is 3.82. The number of nitrogens with zero attached hydrogens (tertiary/aromatic N) is 1. The van der Waals surface area contributed by atoms with Crippen LogP contribution in [0, 0.1) is 0 Å². The van der Waals surface area contributed by atoms with Gasteiger partial charge in [0.2, 0.25) is 0 Å². The number of anilines is 1. The largest absolute Gasteiger partial charge is 0.463 e. The van der Waals surface area contributed by atoms with E-state index in [1.165, 1.54) is 0 Å². The molecule has 3 heterocycles. The monoisotopic (exact) mass is 318 g/mol. The fourth-order valence-electron chi connectivity index (χ4n) is 2.25. The zero-order chi connectivity index (χ0) is 13.0. The average molecular weight is 319 g/mol. The van der Waals surface area contributed by atoms with Crippen molar-refractivity contribution < 1.29 is 13.4 Å². The molecule has 3 aromatic heterocycles. The molecule has 0 aliphatic heterocycles. The summed E-state index contributed by atoms with van der Waals surface area (Å²) in [6.07, 6.45) is 3.25. The number of aromatic nitrogens is 1. The van der Waals surface area contributed by atoms with Crippen molar-refractivity contribution in [3.8, 4) is 11.3 Å². The second-order valence-corrected chi connectivity index (χ2v) is 4.92. The molecule has 0 amide bonds. The van der Waals surface area contributed by atoms with Gasteiger partial charge in [-0.2, -0.15) is 0 Å². The van der Waals surface area contributed by atoms with Gasteiger partial charge in [0.05, 0.1) is 22.6 Å². The number of nitrogen functional groups attached to an aromatic ring is 1. The van der Waals surface area contributed by atoms with Crippen LogP contribution in [0.2, 0.25) is 0 Å². The van der Waals surface area contributed by atoms with E-state index < -0.39 is 0 Å². The summed E-state index contributed by atoms with van der Waals surface area (Å²) < 4.78 is 17.2. The predicted molar refractivity (Wildman–Crippen MR) is 73.6 cm³/mol. The molecule has 0 aliphatic carbocycles. The zero-order valence-electron chi connectivity index (χ0n) is 9.51. The molecule has 0 saturated carbocycles. The van der Waals surface area contributed by atoms with Crippen LogP contribution in [0.5, 0.6) is 0 Å². The van der Waals surface area contributed by atoms with Crippen molar-refractivity contribution in [2.75, 3.05) is 5.73 Å². The highest BCUT2D eigenvalue weighted by Gasteiger charge is 2.21. The number of hydrogen-bond acceptors (Lipinski definition) is 5. The van der Waals surface area contributed by atoms with Crippen molar-refractivity contribution >= 4 is 43.7 Å². The van der Waals surface area contributed by atoms with Gasteiger partial charge < -0.3 is 19.1 Å². The van der Waals surface area contributed by atoms with Crippen molar-refractivity contribution in [2.45, 2.75) is 0 Å². The maximum absolute atomic E-state index is 5.62. The van der Waals surface area contributed by atoms with Crippen molar-refractivity contribution in [3.05, 3.63) is 35.2 Å². The van der Waals surface area contributed by atoms with Gasteiger partial charge in [0, 0.05) is 16.8 Å². The third kappa shape index (κ3) is 1.37. The van der Waals surface area contributed by atoms with E-state index in [0.717, 1.165) is 26.4 Å². The first-order valence-corrected chi connectivity index (χ1v) is 6.33.